The summed E-state index contributed by atoms with van der Waals surface area (Å²) in [4.78, 5) is 16.7. The van der Waals surface area contributed by atoms with Gasteiger partial charge in [0.05, 0.1) is 11.6 Å². The summed E-state index contributed by atoms with van der Waals surface area (Å²) < 4.78 is 24.1. The van der Waals surface area contributed by atoms with Gasteiger partial charge in [0.15, 0.2) is 0 Å². The molecule has 0 radical (unpaired) electrons. The summed E-state index contributed by atoms with van der Waals surface area (Å²) in [5.41, 5.74) is 1.71. The number of nitrogens with one attached hydrogen (secondary N) is 1. The van der Waals surface area contributed by atoms with Crippen molar-refractivity contribution in [3.63, 3.8) is 0 Å². The molecule has 0 atom stereocenters. The first-order valence-electron chi connectivity index (χ1n) is 10.4. The number of benzene rings is 1. The molecule has 0 spiro atoms. The SMILES string of the molecule is CN(C(=O)NC1CCN(c2cccc(C#N)c2)CC1)C1CCN(S(C)(C)(=O)O)CC1. The van der Waals surface area contributed by atoms with E-state index >= 15 is 0 Å². The van der Waals surface area contributed by atoms with Crippen LogP contribution >= 0.6 is 0 Å². The van der Waals surface area contributed by atoms with E-state index < -0.39 is 9.53 Å². The summed E-state index contributed by atoms with van der Waals surface area (Å²) in [7, 11) is -1.89. The summed E-state index contributed by atoms with van der Waals surface area (Å²) >= 11 is 0. The number of nitrogens with zero attached hydrogens (tertiary/aromatic N) is 4. The number of carbonyl (C=O) groups excluding carboxylic acids is 1. The molecule has 2 amide bonds. The number of rotatable bonds is 4. The Hall–Kier alpha value is -2.15. The largest absolute Gasteiger partial charge is 0.371 e. The second-order valence-corrected chi connectivity index (χ2v) is 12.8. The van der Waals surface area contributed by atoms with E-state index in [1.807, 2.05) is 25.2 Å². The van der Waals surface area contributed by atoms with Gasteiger partial charge in [-0.15, -0.1) is 9.53 Å². The highest BCUT2D eigenvalue weighted by atomic mass is 32.3. The number of hydrogen-bond donors (Lipinski definition) is 2. The normalized spacial score (nSPS) is 20.8. The van der Waals surface area contributed by atoms with E-state index in [1.54, 1.807) is 15.3 Å². The lowest BCUT2D eigenvalue weighted by atomic mass is 10.0. The number of piperidine rings is 2. The predicted octanol–water partition coefficient (Wildman–Crippen LogP) is 2.10. The number of carbonyl (C=O) groups is 1. The van der Waals surface area contributed by atoms with Gasteiger partial charge in [0.2, 0.25) is 0 Å². The fraction of sp³-hybridized carbons (Fsp3) is 0.619. The Morgan fingerprint density at radius 3 is 2.40 bits per heavy atom. The van der Waals surface area contributed by atoms with E-state index in [-0.39, 0.29) is 18.1 Å². The third-order valence-corrected chi connectivity index (χ3v) is 8.03. The van der Waals surface area contributed by atoms with E-state index in [0.717, 1.165) is 31.6 Å². The van der Waals surface area contributed by atoms with Gasteiger partial charge in [0.25, 0.3) is 0 Å². The molecule has 166 valence electrons. The molecule has 2 fully saturated rings. The molecule has 1 aromatic rings. The molecule has 2 aliphatic rings. The van der Waals surface area contributed by atoms with Crippen molar-refractivity contribution in [2.75, 3.05) is 50.6 Å². The van der Waals surface area contributed by atoms with Gasteiger partial charge >= 0.3 is 6.03 Å². The molecule has 1 aromatic carbocycles. The number of urea groups is 1. The summed E-state index contributed by atoms with van der Waals surface area (Å²) in [6.45, 7) is 2.69. The van der Waals surface area contributed by atoms with Crippen molar-refractivity contribution >= 4 is 21.3 Å². The topological polar surface area (TPSA) is 99.9 Å². The highest BCUT2D eigenvalue weighted by molar-refractivity contribution is 8.11. The summed E-state index contributed by atoms with van der Waals surface area (Å²) in [6.07, 6.45) is 5.86. The minimum absolute atomic E-state index is 0.0738. The zero-order chi connectivity index (χ0) is 22.0. The monoisotopic (exact) mass is 435 g/mol. The summed E-state index contributed by atoms with van der Waals surface area (Å²) in [6, 6.07) is 9.92. The molecular weight excluding hydrogens is 402 g/mol. The molecule has 2 aliphatic heterocycles. The Bertz CT molecular complexity index is 866. The van der Waals surface area contributed by atoms with E-state index in [2.05, 4.69) is 16.3 Å². The maximum atomic E-state index is 12.7. The molecule has 2 saturated heterocycles. The van der Waals surface area contributed by atoms with Crippen LogP contribution in [0, 0.1) is 11.3 Å². The minimum atomic E-state index is -3.70. The van der Waals surface area contributed by atoms with Crippen LogP contribution in [-0.4, -0.2) is 81.8 Å². The lowest BCUT2D eigenvalue weighted by Gasteiger charge is -2.49. The van der Waals surface area contributed by atoms with Crippen LogP contribution < -0.4 is 10.2 Å². The molecule has 2 N–H and O–H groups in total. The fourth-order valence-corrected chi connectivity index (χ4v) is 5.50. The lowest BCUT2D eigenvalue weighted by molar-refractivity contribution is 0.156. The van der Waals surface area contributed by atoms with E-state index in [9.17, 15) is 13.6 Å². The third-order valence-electron chi connectivity index (χ3n) is 6.19. The smallest absolute Gasteiger partial charge is 0.317 e. The van der Waals surface area contributed by atoms with Crippen molar-refractivity contribution < 1.29 is 13.6 Å². The molecule has 2 heterocycles. The van der Waals surface area contributed by atoms with Crippen molar-refractivity contribution in [3.05, 3.63) is 29.8 Å². The first-order valence-corrected chi connectivity index (χ1v) is 13.1. The number of nitriles is 1. The predicted molar refractivity (Wildman–Crippen MR) is 120 cm³/mol. The Morgan fingerprint density at radius 2 is 1.83 bits per heavy atom. The Kier molecular flexibility index (Phi) is 6.41. The maximum absolute atomic E-state index is 12.7. The zero-order valence-corrected chi connectivity index (χ0v) is 18.9. The van der Waals surface area contributed by atoms with E-state index in [1.165, 1.54) is 12.5 Å². The first kappa shape index (κ1) is 22.5. The van der Waals surface area contributed by atoms with Crippen molar-refractivity contribution in [1.29, 1.82) is 5.26 Å². The number of amides is 2. The molecule has 9 heteroatoms. The van der Waals surface area contributed by atoms with Gasteiger partial charge in [-0.2, -0.15) is 9.47 Å². The number of hydrogen-bond acceptors (Lipinski definition) is 4. The molecular formula is C21H33N5O3S. The lowest BCUT2D eigenvalue weighted by Crippen LogP contribution is -2.56. The molecule has 0 unspecified atom stereocenters. The second kappa shape index (κ2) is 8.53. The third kappa shape index (κ3) is 5.50. The average Bonchev–Trinajstić information content (AvgIpc) is 2.72. The van der Waals surface area contributed by atoms with Crippen LogP contribution in [0.2, 0.25) is 0 Å². The van der Waals surface area contributed by atoms with E-state index in [4.69, 9.17) is 5.26 Å². The van der Waals surface area contributed by atoms with Crippen LogP contribution in [-0.2, 0) is 9.53 Å². The highest BCUT2D eigenvalue weighted by Gasteiger charge is 2.33. The first-order chi connectivity index (χ1) is 14.0. The van der Waals surface area contributed by atoms with Gasteiger partial charge in [0, 0.05) is 63.5 Å². The van der Waals surface area contributed by atoms with Crippen molar-refractivity contribution in [2.24, 2.45) is 0 Å². The molecule has 3 rings (SSSR count). The van der Waals surface area contributed by atoms with Gasteiger partial charge in [-0.1, -0.05) is 6.07 Å². The van der Waals surface area contributed by atoms with Gasteiger partial charge in [0.1, 0.15) is 0 Å². The van der Waals surface area contributed by atoms with E-state index in [0.29, 0.717) is 31.5 Å². The average molecular weight is 436 g/mol. The molecule has 30 heavy (non-hydrogen) atoms. The molecule has 8 nitrogen and oxygen atoms in total. The van der Waals surface area contributed by atoms with Crippen LogP contribution in [0.15, 0.2) is 24.3 Å². The van der Waals surface area contributed by atoms with Gasteiger partial charge in [-0.25, -0.2) is 9.10 Å². The standard InChI is InChI=1S/C21H33N5O3S/c1-24(19-9-13-26(14-10-19)30(2,3,28)29)21(27)23-18-7-11-25(12-8-18)20-6-4-5-17(15-20)16-22/h4-6,15,18-19H,7-14H2,1-3H3,(H,23,27)(H,28,29). The number of anilines is 1. The van der Waals surface area contributed by atoms with Crippen LogP contribution in [0.5, 0.6) is 0 Å². The Labute approximate surface area is 179 Å². The van der Waals surface area contributed by atoms with Gasteiger partial charge < -0.3 is 15.1 Å². The second-order valence-electron chi connectivity index (χ2n) is 8.85. The van der Waals surface area contributed by atoms with Crippen molar-refractivity contribution in [1.82, 2.24) is 14.5 Å². The van der Waals surface area contributed by atoms with Crippen molar-refractivity contribution in [2.45, 2.75) is 37.8 Å². The molecule has 0 bridgehead atoms. The highest BCUT2D eigenvalue weighted by Crippen LogP contribution is 2.26. The van der Waals surface area contributed by atoms with Crippen LogP contribution in [0.3, 0.4) is 0 Å². The fourth-order valence-electron chi connectivity index (χ4n) is 4.25. The molecule has 0 saturated carbocycles. The minimum Gasteiger partial charge on any atom is -0.371 e. The molecule has 0 aliphatic carbocycles. The quantitative estimate of drug-likeness (QED) is 0.754. The Morgan fingerprint density at radius 1 is 1.20 bits per heavy atom. The maximum Gasteiger partial charge on any atom is 0.317 e. The summed E-state index contributed by atoms with van der Waals surface area (Å²) in [5, 5.41) is 12.2. The van der Waals surface area contributed by atoms with Crippen molar-refractivity contribution in [3.8, 4) is 6.07 Å². The van der Waals surface area contributed by atoms with Gasteiger partial charge in [-0.3, -0.25) is 4.55 Å². The van der Waals surface area contributed by atoms with Crippen LogP contribution in [0.1, 0.15) is 31.2 Å². The van der Waals surface area contributed by atoms with Crippen LogP contribution in [0.4, 0.5) is 10.5 Å². The Balaban J connectivity index is 1.47. The summed E-state index contributed by atoms with van der Waals surface area (Å²) in [5.74, 6) is 0. The zero-order valence-electron chi connectivity index (χ0n) is 18.1. The van der Waals surface area contributed by atoms with Gasteiger partial charge in [-0.05, 0) is 43.9 Å². The van der Waals surface area contributed by atoms with Crippen LogP contribution in [0.25, 0.3) is 0 Å². The molecule has 0 aromatic heterocycles.